The first-order valence-electron chi connectivity index (χ1n) is 4.67. The molecule has 0 aromatic carbocycles. The number of aromatic carboxylic acids is 1. The highest BCUT2D eigenvalue weighted by Crippen LogP contribution is 2.18. The largest absolute Gasteiger partial charge is 0.478 e. The van der Waals surface area contributed by atoms with Gasteiger partial charge in [-0.2, -0.15) is 0 Å². The summed E-state index contributed by atoms with van der Waals surface area (Å²) in [5.74, 6) is -1.09. The average Bonchev–Trinajstić information content (AvgIpc) is 2.28. The first kappa shape index (κ1) is 13.1. The number of alkyl halides is 1. The third-order valence-electron chi connectivity index (χ3n) is 2.10. The Hall–Kier alpha value is -0.980. The first-order chi connectivity index (χ1) is 7.56. The molecule has 16 heavy (non-hydrogen) atoms. The fourth-order valence-corrected chi connectivity index (χ4v) is 1.68. The van der Waals surface area contributed by atoms with Gasteiger partial charge in [-0.1, -0.05) is 15.9 Å². The van der Waals surface area contributed by atoms with Crippen molar-refractivity contribution in [2.45, 2.75) is 18.6 Å². The van der Waals surface area contributed by atoms with Gasteiger partial charge in [0.05, 0.1) is 17.4 Å². The van der Waals surface area contributed by atoms with E-state index in [1.54, 1.807) is 0 Å². The molecular weight excluding hydrogens is 278 g/mol. The molecule has 0 fully saturated rings. The summed E-state index contributed by atoms with van der Waals surface area (Å²) in [6, 6.07) is 2.58. The molecule has 0 bridgehead atoms. The van der Waals surface area contributed by atoms with E-state index in [2.05, 4.69) is 20.9 Å². The minimum atomic E-state index is -1.17. The van der Waals surface area contributed by atoms with Gasteiger partial charge in [0, 0.05) is 11.5 Å². The summed E-state index contributed by atoms with van der Waals surface area (Å²) in [5, 5.41) is 28.5. The van der Waals surface area contributed by atoms with Crippen LogP contribution in [0.2, 0.25) is 0 Å². The number of carboxylic acid groups (broad SMARTS) is 1. The molecule has 0 aliphatic rings. The lowest BCUT2D eigenvalue weighted by atomic mass is 10.1. The number of carbonyl (C=O) groups is 1. The van der Waals surface area contributed by atoms with Crippen LogP contribution < -0.4 is 0 Å². The number of halogens is 1. The molecule has 1 rings (SSSR count). The maximum Gasteiger partial charge on any atom is 0.335 e. The third-order valence-corrected chi connectivity index (χ3v) is 2.56. The Morgan fingerprint density at radius 2 is 2.19 bits per heavy atom. The van der Waals surface area contributed by atoms with Crippen LogP contribution >= 0.6 is 15.9 Å². The van der Waals surface area contributed by atoms with E-state index in [9.17, 15) is 15.0 Å². The monoisotopic (exact) mass is 289 g/mol. The predicted molar refractivity (Wildman–Crippen MR) is 60.6 cm³/mol. The molecule has 0 aliphatic heterocycles. The van der Waals surface area contributed by atoms with Gasteiger partial charge in [-0.3, -0.25) is 4.98 Å². The van der Waals surface area contributed by atoms with Crippen LogP contribution in [0.1, 0.15) is 28.6 Å². The lowest BCUT2D eigenvalue weighted by Gasteiger charge is -2.16. The van der Waals surface area contributed by atoms with Gasteiger partial charge in [-0.25, -0.2) is 4.79 Å². The van der Waals surface area contributed by atoms with Crippen molar-refractivity contribution in [1.29, 1.82) is 0 Å². The molecule has 0 saturated carbocycles. The van der Waals surface area contributed by atoms with Gasteiger partial charge in [-0.15, -0.1) is 0 Å². The van der Waals surface area contributed by atoms with E-state index >= 15 is 0 Å². The summed E-state index contributed by atoms with van der Waals surface area (Å²) in [4.78, 5) is 14.5. The topological polar surface area (TPSA) is 90.7 Å². The first-order valence-corrected chi connectivity index (χ1v) is 5.79. The smallest absolute Gasteiger partial charge is 0.335 e. The zero-order valence-corrected chi connectivity index (χ0v) is 9.96. The Balaban J connectivity index is 2.86. The Morgan fingerprint density at radius 1 is 1.50 bits per heavy atom. The average molecular weight is 290 g/mol. The summed E-state index contributed by atoms with van der Waals surface area (Å²) < 4.78 is 0. The molecule has 0 radical (unpaired) electrons. The minimum Gasteiger partial charge on any atom is -0.478 e. The summed E-state index contributed by atoms with van der Waals surface area (Å²) in [6.45, 7) is 0. The summed E-state index contributed by atoms with van der Waals surface area (Å²) in [5.41, 5.74) is 0.198. The van der Waals surface area contributed by atoms with E-state index in [1.165, 1.54) is 18.3 Å². The molecule has 0 saturated heterocycles. The normalized spacial score (nSPS) is 14.4. The van der Waals surface area contributed by atoms with E-state index in [0.29, 0.717) is 11.8 Å². The zero-order valence-electron chi connectivity index (χ0n) is 8.38. The van der Waals surface area contributed by atoms with Crippen molar-refractivity contribution in [2.75, 3.05) is 5.33 Å². The number of carboxylic acids is 1. The van der Waals surface area contributed by atoms with Gasteiger partial charge in [0.15, 0.2) is 0 Å². The van der Waals surface area contributed by atoms with E-state index in [-0.39, 0.29) is 11.3 Å². The molecule has 2 atom stereocenters. The van der Waals surface area contributed by atoms with E-state index in [1.807, 2.05) is 0 Å². The van der Waals surface area contributed by atoms with Crippen LogP contribution in [0.15, 0.2) is 18.3 Å². The number of nitrogens with zero attached hydrogens (tertiary/aromatic N) is 1. The van der Waals surface area contributed by atoms with Crippen molar-refractivity contribution < 1.29 is 20.1 Å². The second-order valence-corrected chi connectivity index (χ2v) is 4.06. The van der Waals surface area contributed by atoms with Gasteiger partial charge in [0.25, 0.3) is 0 Å². The molecule has 1 aromatic rings. The summed E-state index contributed by atoms with van der Waals surface area (Å²) >= 11 is 3.14. The Labute approximate surface area is 101 Å². The standard InChI is InChI=1S/C10H12BrNO4/c11-3-1-8(13)9(14)7-5-6(10(15)16)2-4-12-7/h2,4-5,8-9,13-14H,1,3H2,(H,15,16). The lowest BCUT2D eigenvalue weighted by molar-refractivity contribution is 0.0147. The molecule has 5 nitrogen and oxygen atoms in total. The fraction of sp³-hybridized carbons (Fsp3) is 0.400. The van der Waals surface area contributed by atoms with Gasteiger partial charge >= 0.3 is 5.97 Å². The number of aliphatic hydroxyl groups excluding tert-OH is 2. The fourth-order valence-electron chi connectivity index (χ4n) is 1.21. The molecule has 0 spiro atoms. The van der Waals surface area contributed by atoms with Crippen LogP contribution in [-0.2, 0) is 0 Å². The molecule has 6 heteroatoms. The molecule has 0 amide bonds. The van der Waals surface area contributed by atoms with Crippen LogP contribution in [0.4, 0.5) is 0 Å². The van der Waals surface area contributed by atoms with Crippen LogP contribution in [0.25, 0.3) is 0 Å². The third kappa shape index (κ3) is 3.26. The SMILES string of the molecule is O=C(O)c1ccnc(C(O)C(O)CCBr)c1. The van der Waals surface area contributed by atoms with E-state index in [0.717, 1.165) is 0 Å². The number of hydrogen-bond donors (Lipinski definition) is 3. The second-order valence-electron chi connectivity index (χ2n) is 3.26. The number of pyridine rings is 1. The maximum atomic E-state index is 10.7. The Bertz CT molecular complexity index is 372. The quantitative estimate of drug-likeness (QED) is 0.703. The predicted octanol–water partition coefficient (Wildman–Crippen LogP) is 0.959. The van der Waals surface area contributed by atoms with Gasteiger partial charge < -0.3 is 15.3 Å². The van der Waals surface area contributed by atoms with Crippen molar-refractivity contribution >= 4 is 21.9 Å². The highest BCUT2D eigenvalue weighted by molar-refractivity contribution is 9.09. The highest BCUT2D eigenvalue weighted by atomic mass is 79.9. The van der Waals surface area contributed by atoms with Crippen molar-refractivity contribution in [3.8, 4) is 0 Å². The number of rotatable bonds is 5. The van der Waals surface area contributed by atoms with Crippen LogP contribution in [-0.4, -0.2) is 37.7 Å². The minimum absolute atomic E-state index is 0.0371. The lowest BCUT2D eigenvalue weighted by Crippen LogP contribution is -2.20. The van der Waals surface area contributed by atoms with E-state index < -0.39 is 18.2 Å². The molecular formula is C10H12BrNO4. The number of aliphatic hydroxyl groups is 2. The maximum absolute atomic E-state index is 10.7. The Kier molecular flexibility index (Phi) is 4.85. The molecule has 88 valence electrons. The zero-order chi connectivity index (χ0) is 12.1. The summed E-state index contributed by atoms with van der Waals surface area (Å²) in [6.07, 6.45) is -0.476. The van der Waals surface area contributed by atoms with Crippen LogP contribution in [0.3, 0.4) is 0 Å². The molecule has 1 aromatic heterocycles. The van der Waals surface area contributed by atoms with E-state index in [4.69, 9.17) is 5.11 Å². The highest BCUT2D eigenvalue weighted by Gasteiger charge is 2.19. The number of aromatic nitrogens is 1. The van der Waals surface area contributed by atoms with Crippen molar-refractivity contribution in [3.05, 3.63) is 29.6 Å². The molecule has 2 unspecified atom stereocenters. The summed E-state index contributed by atoms with van der Waals surface area (Å²) in [7, 11) is 0. The molecule has 3 N–H and O–H groups in total. The van der Waals surface area contributed by atoms with Gasteiger partial charge in [0.1, 0.15) is 6.10 Å². The van der Waals surface area contributed by atoms with Gasteiger partial charge in [0.2, 0.25) is 0 Å². The molecule has 0 aliphatic carbocycles. The van der Waals surface area contributed by atoms with Gasteiger partial charge in [-0.05, 0) is 18.6 Å². The number of hydrogen-bond acceptors (Lipinski definition) is 4. The van der Waals surface area contributed by atoms with Crippen molar-refractivity contribution in [3.63, 3.8) is 0 Å². The second kappa shape index (κ2) is 5.93. The van der Waals surface area contributed by atoms with Crippen molar-refractivity contribution in [1.82, 2.24) is 4.98 Å². The Morgan fingerprint density at radius 3 is 2.75 bits per heavy atom. The van der Waals surface area contributed by atoms with Crippen LogP contribution in [0, 0.1) is 0 Å². The molecule has 1 heterocycles. The van der Waals surface area contributed by atoms with Crippen molar-refractivity contribution in [2.24, 2.45) is 0 Å². The van der Waals surface area contributed by atoms with Crippen LogP contribution in [0.5, 0.6) is 0 Å².